The van der Waals surface area contributed by atoms with Crippen LogP contribution in [-0.2, 0) is 0 Å². The molecule has 0 spiro atoms. The second-order valence-corrected chi connectivity index (χ2v) is 7.80. The van der Waals surface area contributed by atoms with Crippen LogP contribution in [0.15, 0.2) is 36.4 Å². The first-order valence-electron chi connectivity index (χ1n) is 8.01. The van der Waals surface area contributed by atoms with Gasteiger partial charge in [0.15, 0.2) is 0 Å². The second kappa shape index (κ2) is 7.49. The predicted molar refractivity (Wildman–Crippen MR) is 107 cm³/mol. The van der Waals surface area contributed by atoms with Gasteiger partial charge in [-0.1, -0.05) is 72.3 Å². The van der Waals surface area contributed by atoms with E-state index in [0.717, 1.165) is 0 Å². The summed E-state index contributed by atoms with van der Waals surface area (Å²) >= 11 is 2.57. The van der Waals surface area contributed by atoms with Gasteiger partial charge in [-0.25, -0.2) is 0 Å². The molecule has 0 aliphatic heterocycles. The normalized spacial score (nSPS) is 13.7. The number of anilines is 2. The molecule has 1 N–H and O–H groups in total. The van der Waals surface area contributed by atoms with Crippen LogP contribution in [0.4, 0.5) is 11.4 Å². The van der Waals surface area contributed by atoms with Crippen LogP contribution < -0.4 is 5.32 Å². The van der Waals surface area contributed by atoms with E-state index < -0.39 is 0 Å². The lowest BCUT2D eigenvalue weighted by Gasteiger charge is -2.22. The van der Waals surface area contributed by atoms with Crippen LogP contribution in [0.5, 0.6) is 0 Å². The van der Waals surface area contributed by atoms with Crippen LogP contribution in [-0.4, -0.2) is 3.92 Å². The molecule has 2 heteroatoms. The Kier molecular flexibility index (Phi) is 5.90. The maximum Gasteiger partial charge on any atom is 0.0443 e. The lowest BCUT2D eigenvalue weighted by molar-refractivity contribution is 0.708. The summed E-state index contributed by atoms with van der Waals surface area (Å²) in [6.07, 6.45) is 1.19. The number of halogens is 1. The maximum atomic E-state index is 3.69. The van der Waals surface area contributed by atoms with Crippen molar-refractivity contribution >= 4 is 34.0 Å². The monoisotopic (exact) mass is 407 g/mol. The molecule has 0 bridgehead atoms. The lowest BCUT2D eigenvalue weighted by atomic mass is 9.94. The van der Waals surface area contributed by atoms with Gasteiger partial charge in [0, 0.05) is 15.3 Å². The smallest absolute Gasteiger partial charge is 0.0443 e. The van der Waals surface area contributed by atoms with Crippen molar-refractivity contribution in [2.24, 2.45) is 0 Å². The quantitative estimate of drug-likeness (QED) is 0.431. The summed E-state index contributed by atoms with van der Waals surface area (Å²) < 4.78 is 0.653. The first-order chi connectivity index (χ1) is 10.4. The molecule has 2 rings (SSSR count). The predicted octanol–water partition coefficient (Wildman–Crippen LogP) is 6.67. The number of para-hydroxylation sites is 1. The van der Waals surface area contributed by atoms with Crippen LogP contribution >= 0.6 is 22.6 Å². The van der Waals surface area contributed by atoms with Crippen LogP contribution in [0, 0.1) is 20.8 Å². The zero-order chi connectivity index (χ0) is 16.3. The van der Waals surface area contributed by atoms with Gasteiger partial charge in [0.05, 0.1) is 0 Å². The van der Waals surface area contributed by atoms with Gasteiger partial charge in [-0.15, -0.1) is 0 Å². The number of alkyl halides is 1. The van der Waals surface area contributed by atoms with Crippen LogP contribution in [0.1, 0.15) is 48.4 Å². The lowest BCUT2D eigenvalue weighted by Crippen LogP contribution is -2.10. The fraction of sp³-hybridized carbons (Fsp3) is 0.400. The van der Waals surface area contributed by atoms with Gasteiger partial charge in [0.2, 0.25) is 0 Å². The highest BCUT2D eigenvalue weighted by Gasteiger charge is 2.17. The summed E-state index contributed by atoms with van der Waals surface area (Å²) in [4.78, 5) is 0. The minimum atomic E-state index is 0.542. The van der Waals surface area contributed by atoms with Crippen molar-refractivity contribution in [3.05, 3.63) is 58.7 Å². The van der Waals surface area contributed by atoms with Crippen molar-refractivity contribution in [1.29, 1.82) is 0 Å². The molecule has 0 aliphatic rings. The van der Waals surface area contributed by atoms with Crippen LogP contribution in [0.3, 0.4) is 0 Å². The van der Waals surface area contributed by atoms with E-state index in [0.29, 0.717) is 9.84 Å². The molecule has 0 saturated carbocycles. The van der Waals surface area contributed by atoms with Crippen LogP contribution in [0.25, 0.3) is 0 Å². The molecule has 2 aromatic carbocycles. The molecule has 0 fully saturated rings. The summed E-state index contributed by atoms with van der Waals surface area (Å²) in [5, 5.41) is 3.69. The molecule has 2 unspecified atom stereocenters. The molecular formula is C20H26IN. The molecule has 0 aliphatic carbocycles. The molecule has 1 nitrogen and oxygen atoms in total. The van der Waals surface area contributed by atoms with E-state index in [9.17, 15) is 0 Å². The Morgan fingerprint density at radius 3 is 2.23 bits per heavy atom. The summed E-state index contributed by atoms with van der Waals surface area (Å²) in [6, 6.07) is 13.2. The van der Waals surface area contributed by atoms with Crippen LogP contribution in [0.2, 0.25) is 0 Å². The molecular weight excluding hydrogens is 381 g/mol. The summed E-state index contributed by atoms with van der Waals surface area (Å²) in [5.74, 6) is 0.542. The Morgan fingerprint density at radius 2 is 1.64 bits per heavy atom. The Bertz CT molecular complexity index is 625. The van der Waals surface area contributed by atoms with Gasteiger partial charge in [0.1, 0.15) is 0 Å². The van der Waals surface area contributed by atoms with Gasteiger partial charge in [-0.3, -0.25) is 0 Å². The van der Waals surface area contributed by atoms with Gasteiger partial charge in [0.25, 0.3) is 0 Å². The van der Waals surface area contributed by atoms with Crippen molar-refractivity contribution in [3.8, 4) is 0 Å². The van der Waals surface area contributed by atoms with Gasteiger partial charge >= 0.3 is 0 Å². The standard InChI is InChI=1S/C20H26IN/c1-6-18(21)16(5)17-9-7-8-10-19(17)22-20-14(3)11-13(2)12-15(20)4/h7-12,16,18,22H,6H2,1-5H3. The average Bonchev–Trinajstić information content (AvgIpc) is 2.49. The highest BCUT2D eigenvalue weighted by atomic mass is 127. The topological polar surface area (TPSA) is 12.0 Å². The largest absolute Gasteiger partial charge is 0.355 e. The van der Waals surface area contributed by atoms with E-state index in [1.165, 1.54) is 40.0 Å². The fourth-order valence-electron chi connectivity index (χ4n) is 3.07. The third-order valence-corrected chi connectivity index (χ3v) is 6.28. The van der Waals surface area contributed by atoms with Crippen molar-refractivity contribution in [3.63, 3.8) is 0 Å². The zero-order valence-corrected chi connectivity index (χ0v) is 16.4. The fourth-order valence-corrected chi connectivity index (χ4v) is 3.46. The minimum Gasteiger partial charge on any atom is -0.355 e. The zero-order valence-electron chi connectivity index (χ0n) is 14.2. The maximum absolute atomic E-state index is 3.69. The molecule has 0 heterocycles. The number of rotatable bonds is 5. The number of hydrogen-bond acceptors (Lipinski definition) is 1. The van der Waals surface area contributed by atoms with E-state index >= 15 is 0 Å². The number of aryl methyl sites for hydroxylation is 3. The van der Waals surface area contributed by atoms with E-state index in [2.05, 4.69) is 98.9 Å². The second-order valence-electron chi connectivity index (χ2n) is 6.20. The summed E-state index contributed by atoms with van der Waals surface area (Å²) in [7, 11) is 0. The number of benzene rings is 2. The van der Waals surface area contributed by atoms with Gasteiger partial charge < -0.3 is 5.32 Å². The Hall–Kier alpha value is -1.03. The first-order valence-corrected chi connectivity index (χ1v) is 9.26. The van der Waals surface area contributed by atoms with Crippen molar-refractivity contribution in [1.82, 2.24) is 0 Å². The molecule has 118 valence electrons. The van der Waals surface area contributed by atoms with Gasteiger partial charge in [-0.05, 0) is 55.9 Å². The summed E-state index contributed by atoms with van der Waals surface area (Å²) in [6.45, 7) is 11.1. The number of hydrogen-bond donors (Lipinski definition) is 1. The Balaban J connectivity index is 2.39. The highest BCUT2D eigenvalue weighted by molar-refractivity contribution is 14.1. The van der Waals surface area contributed by atoms with Crippen molar-refractivity contribution in [2.45, 2.75) is 50.9 Å². The third kappa shape index (κ3) is 3.83. The van der Waals surface area contributed by atoms with Crippen molar-refractivity contribution in [2.75, 3.05) is 5.32 Å². The molecule has 0 amide bonds. The molecule has 2 aromatic rings. The Morgan fingerprint density at radius 1 is 1.05 bits per heavy atom. The molecule has 22 heavy (non-hydrogen) atoms. The summed E-state index contributed by atoms with van der Waals surface area (Å²) in [5.41, 5.74) is 7.82. The number of nitrogens with one attached hydrogen (secondary N) is 1. The Labute approximate surface area is 148 Å². The van der Waals surface area contributed by atoms with E-state index in [-0.39, 0.29) is 0 Å². The van der Waals surface area contributed by atoms with E-state index in [1.54, 1.807) is 0 Å². The minimum absolute atomic E-state index is 0.542. The first kappa shape index (κ1) is 17.3. The van der Waals surface area contributed by atoms with Gasteiger partial charge in [-0.2, -0.15) is 0 Å². The van der Waals surface area contributed by atoms with E-state index in [4.69, 9.17) is 0 Å². The van der Waals surface area contributed by atoms with E-state index in [1.807, 2.05) is 0 Å². The molecule has 0 aromatic heterocycles. The molecule has 0 saturated heterocycles. The van der Waals surface area contributed by atoms with Crippen molar-refractivity contribution < 1.29 is 0 Å². The SMILES string of the molecule is CCC(I)C(C)c1ccccc1Nc1c(C)cc(C)cc1C. The average molecular weight is 407 g/mol. The third-order valence-electron chi connectivity index (χ3n) is 4.32. The molecule has 0 radical (unpaired) electrons. The highest BCUT2D eigenvalue weighted by Crippen LogP contribution is 2.35. The molecule has 2 atom stereocenters.